The Morgan fingerprint density at radius 2 is 0.980 bits per heavy atom. The zero-order valence-electron chi connectivity index (χ0n) is 33.1. The van der Waals surface area contributed by atoms with Crippen molar-refractivity contribution in [2.24, 2.45) is 0 Å². The van der Waals surface area contributed by atoms with Crippen LogP contribution >= 0.6 is 0 Å². The van der Waals surface area contributed by atoms with Gasteiger partial charge in [0.1, 0.15) is 24.4 Å². The normalized spacial score (nSPS) is 21.9. The fraction of sp³-hybridized carbons (Fsp3) is 0.976. The zero-order valence-corrected chi connectivity index (χ0v) is 33.1. The molecule has 0 bridgehead atoms. The lowest BCUT2D eigenvalue weighted by atomic mass is 9.99. The Morgan fingerprint density at radius 3 is 1.39 bits per heavy atom. The minimum Gasteiger partial charge on any atom is -0.394 e. The van der Waals surface area contributed by atoms with E-state index in [1.54, 1.807) is 0 Å². The highest BCUT2D eigenvalue weighted by Gasteiger charge is 2.44. The third-order valence-electron chi connectivity index (χ3n) is 10.7. The molecule has 7 unspecified atom stereocenters. The summed E-state index contributed by atoms with van der Waals surface area (Å²) in [6, 6.07) is -0.708. The van der Waals surface area contributed by atoms with Gasteiger partial charge in [0.2, 0.25) is 5.91 Å². The number of carbonyl (C=O) groups excluding carboxylic acids is 1. The molecule has 0 aromatic rings. The number of aliphatic hydroxyl groups excluding tert-OH is 5. The lowest BCUT2D eigenvalue weighted by molar-refractivity contribution is -0.302. The molecule has 1 fully saturated rings. The molecule has 0 saturated carbocycles. The van der Waals surface area contributed by atoms with Gasteiger partial charge in [-0.1, -0.05) is 187 Å². The lowest BCUT2D eigenvalue weighted by Crippen LogP contribution is -2.60. The maximum absolute atomic E-state index is 12.8. The van der Waals surface area contributed by atoms with Gasteiger partial charge in [0.15, 0.2) is 6.29 Å². The average Bonchev–Trinajstić information content (AvgIpc) is 3.13. The molecular formula is C42H83NO8. The zero-order chi connectivity index (χ0) is 37.4. The maximum Gasteiger partial charge on any atom is 0.220 e. The van der Waals surface area contributed by atoms with Gasteiger partial charge >= 0.3 is 0 Å². The van der Waals surface area contributed by atoms with Gasteiger partial charge in [0.25, 0.3) is 0 Å². The predicted octanol–water partition coefficient (Wildman–Crippen LogP) is 8.39. The standard InChI is InChI=1S/C42H83NO8/c1-3-5-7-9-10-11-12-13-14-15-16-17-18-19-20-21-22-23-24-25-26-27-28-30-32-38(46)43-35(36(45)31-29-8-6-4-2)34-50-42-41(49)40(48)39(47)37(33-44)51-42/h35-37,39-42,44-45,47-49H,3-34H2,1-2H3,(H,43,46). The molecule has 0 aromatic heterocycles. The van der Waals surface area contributed by atoms with Crippen LogP contribution in [0.5, 0.6) is 0 Å². The van der Waals surface area contributed by atoms with Crippen LogP contribution in [0.15, 0.2) is 0 Å². The summed E-state index contributed by atoms with van der Waals surface area (Å²) in [4.78, 5) is 12.8. The van der Waals surface area contributed by atoms with Gasteiger partial charge in [-0.3, -0.25) is 4.79 Å². The number of ether oxygens (including phenoxy) is 2. The van der Waals surface area contributed by atoms with E-state index in [4.69, 9.17) is 9.47 Å². The number of nitrogens with one attached hydrogen (secondary N) is 1. The second-order valence-corrected chi connectivity index (χ2v) is 15.5. The van der Waals surface area contributed by atoms with Crippen LogP contribution in [0.25, 0.3) is 0 Å². The highest BCUT2D eigenvalue weighted by molar-refractivity contribution is 5.76. The Morgan fingerprint density at radius 1 is 0.588 bits per heavy atom. The van der Waals surface area contributed by atoms with Crippen molar-refractivity contribution in [3.05, 3.63) is 0 Å². The van der Waals surface area contributed by atoms with Gasteiger partial charge in [-0.05, 0) is 12.8 Å². The monoisotopic (exact) mass is 730 g/mol. The van der Waals surface area contributed by atoms with Crippen molar-refractivity contribution in [2.75, 3.05) is 13.2 Å². The molecule has 0 spiro atoms. The van der Waals surface area contributed by atoms with Crippen molar-refractivity contribution < 1.29 is 39.8 Å². The van der Waals surface area contributed by atoms with Crippen molar-refractivity contribution in [1.29, 1.82) is 0 Å². The number of aliphatic hydroxyl groups is 5. The summed E-state index contributed by atoms with van der Waals surface area (Å²) in [6.07, 6.45) is 29.1. The van der Waals surface area contributed by atoms with Crippen LogP contribution in [0, 0.1) is 0 Å². The maximum atomic E-state index is 12.8. The summed E-state index contributed by atoms with van der Waals surface area (Å²) in [5, 5.41) is 53.6. The Hall–Kier alpha value is -0.810. The Kier molecular flexibility index (Phi) is 31.9. The predicted molar refractivity (Wildman–Crippen MR) is 208 cm³/mol. The van der Waals surface area contributed by atoms with Gasteiger partial charge < -0.3 is 40.3 Å². The van der Waals surface area contributed by atoms with Crippen LogP contribution in [0.3, 0.4) is 0 Å². The summed E-state index contributed by atoms with van der Waals surface area (Å²) in [7, 11) is 0. The molecule has 9 nitrogen and oxygen atoms in total. The molecule has 1 aliphatic heterocycles. The highest BCUT2D eigenvalue weighted by atomic mass is 16.7. The Bertz CT molecular complexity index is 771. The molecule has 9 heteroatoms. The smallest absolute Gasteiger partial charge is 0.220 e. The molecule has 0 aromatic carbocycles. The number of unbranched alkanes of at least 4 members (excludes halogenated alkanes) is 26. The molecule has 1 saturated heterocycles. The molecule has 1 heterocycles. The minimum atomic E-state index is -1.54. The van der Waals surface area contributed by atoms with Crippen molar-refractivity contribution in [3.8, 4) is 0 Å². The molecule has 304 valence electrons. The molecule has 1 amide bonds. The van der Waals surface area contributed by atoms with Crippen LogP contribution in [0.2, 0.25) is 0 Å². The SMILES string of the molecule is CCCCCCCCCCCCCCCCCCCCCCCCCCC(=O)NC(COC1OC(CO)C(O)C(O)C1O)C(O)CCCCCC. The van der Waals surface area contributed by atoms with Crippen molar-refractivity contribution in [3.63, 3.8) is 0 Å². The summed E-state index contributed by atoms with van der Waals surface area (Å²) < 4.78 is 11.1. The molecule has 6 N–H and O–H groups in total. The number of amides is 1. The van der Waals surface area contributed by atoms with Crippen LogP contribution in [0.4, 0.5) is 0 Å². The highest BCUT2D eigenvalue weighted by Crippen LogP contribution is 2.23. The van der Waals surface area contributed by atoms with Gasteiger partial charge in [0, 0.05) is 6.42 Å². The van der Waals surface area contributed by atoms with E-state index in [1.807, 2.05) is 0 Å². The first-order valence-electron chi connectivity index (χ1n) is 21.7. The number of hydrogen-bond donors (Lipinski definition) is 6. The van der Waals surface area contributed by atoms with Crippen molar-refractivity contribution in [1.82, 2.24) is 5.32 Å². The Balaban J connectivity index is 2.08. The van der Waals surface area contributed by atoms with E-state index in [0.717, 1.165) is 44.9 Å². The molecule has 1 rings (SSSR count). The molecule has 0 radical (unpaired) electrons. The molecule has 1 aliphatic rings. The molecule has 0 aliphatic carbocycles. The van der Waals surface area contributed by atoms with Crippen molar-refractivity contribution in [2.45, 2.75) is 249 Å². The summed E-state index contributed by atoms with van der Waals surface area (Å²) >= 11 is 0. The first kappa shape index (κ1) is 48.2. The fourth-order valence-corrected chi connectivity index (χ4v) is 7.16. The van der Waals surface area contributed by atoms with Gasteiger partial charge in [-0.2, -0.15) is 0 Å². The van der Waals surface area contributed by atoms with E-state index >= 15 is 0 Å². The lowest BCUT2D eigenvalue weighted by Gasteiger charge is -2.40. The quantitative estimate of drug-likeness (QED) is 0.0353. The van der Waals surface area contributed by atoms with Gasteiger partial charge in [-0.15, -0.1) is 0 Å². The van der Waals surface area contributed by atoms with Crippen LogP contribution in [0.1, 0.15) is 206 Å². The minimum absolute atomic E-state index is 0.136. The van der Waals surface area contributed by atoms with Gasteiger partial charge in [0.05, 0.1) is 25.4 Å². The Labute approximate surface area is 313 Å². The summed E-state index contributed by atoms with van der Waals surface area (Å²) in [5.41, 5.74) is 0. The topological polar surface area (TPSA) is 149 Å². The fourth-order valence-electron chi connectivity index (χ4n) is 7.16. The van der Waals surface area contributed by atoms with Gasteiger partial charge in [-0.25, -0.2) is 0 Å². The first-order valence-corrected chi connectivity index (χ1v) is 21.7. The van der Waals surface area contributed by atoms with E-state index in [2.05, 4.69) is 19.2 Å². The van der Waals surface area contributed by atoms with Crippen LogP contribution < -0.4 is 5.32 Å². The second-order valence-electron chi connectivity index (χ2n) is 15.5. The summed E-state index contributed by atoms with van der Waals surface area (Å²) in [6.45, 7) is 3.72. The van der Waals surface area contributed by atoms with E-state index in [0.29, 0.717) is 12.8 Å². The third-order valence-corrected chi connectivity index (χ3v) is 10.7. The molecular weight excluding hydrogens is 646 g/mol. The first-order chi connectivity index (χ1) is 24.8. The third kappa shape index (κ3) is 25.0. The van der Waals surface area contributed by atoms with Crippen LogP contribution in [-0.2, 0) is 14.3 Å². The van der Waals surface area contributed by atoms with E-state index in [-0.39, 0.29) is 12.5 Å². The molecule has 51 heavy (non-hydrogen) atoms. The number of rotatable bonds is 36. The second kappa shape index (κ2) is 33.7. The van der Waals surface area contributed by atoms with Crippen LogP contribution in [-0.4, -0.2) is 87.5 Å². The van der Waals surface area contributed by atoms with Crippen molar-refractivity contribution >= 4 is 5.91 Å². The molecule has 7 atom stereocenters. The largest absolute Gasteiger partial charge is 0.394 e. The van der Waals surface area contributed by atoms with E-state index in [1.165, 1.54) is 135 Å². The van der Waals surface area contributed by atoms with E-state index in [9.17, 15) is 30.3 Å². The number of carbonyl (C=O) groups is 1. The average molecular weight is 730 g/mol. The van der Waals surface area contributed by atoms with E-state index < -0.39 is 49.5 Å². The summed E-state index contributed by atoms with van der Waals surface area (Å²) in [5.74, 6) is -0.149. The number of hydrogen-bond acceptors (Lipinski definition) is 8.